The molecule has 0 aromatic heterocycles. The average Bonchev–Trinajstić information content (AvgIpc) is 3.83. The third kappa shape index (κ3) is 11.0. The zero-order chi connectivity index (χ0) is 35.7. The molecule has 4 heterocycles. The molecular formula is C31H56N2O16. The number of hydrogen-bond acceptors (Lipinski definition) is 18. The Balaban J connectivity index is 1.39. The smallest absolute Gasteiger partial charge is 0.188 e. The van der Waals surface area contributed by atoms with Gasteiger partial charge in [0.15, 0.2) is 24.5 Å². The van der Waals surface area contributed by atoms with Gasteiger partial charge in [-0.3, -0.25) is 0 Å². The van der Waals surface area contributed by atoms with Gasteiger partial charge in [-0.15, -0.1) is 0 Å². The van der Waals surface area contributed by atoms with Crippen molar-refractivity contribution in [2.45, 2.75) is 163 Å². The van der Waals surface area contributed by atoms with Gasteiger partial charge >= 0.3 is 0 Å². The molecule has 0 bridgehead atoms. The van der Waals surface area contributed by atoms with Crippen LogP contribution < -0.4 is 0 Å². The van der Waals surface area contributed by atoms with Gasteiger partial charge in [-0.25, -0.2) is 0 Å². The molecule has 0 radical (unpaired) electrons. The van der Waals surface area contributed by atoms with Crippen LogP contribution >= 0.6 is 0 Å². The average molecular weight is 713 g/mol. The van der Waals surface area contributed by atoms with Crippen LogP contribution in [0, 0.1) is 0 Å². The topological polar surface area (TPSA) is 271 Å². The van der Waals surface area contributed by atoms with E-state index in [2.05, 4.69) is 17.2 Å². The van der Waals surface area contributed by atoms with Crippen LogP contribution in [0.2, 0.25) is 0 Å². The summed E-state index contributed by atoms with van der Waals surface area (Å²) in [7, 11) is 0. The van der Waals surface area contributed by atoms with Crippen molar-refractivity contribution >= 4 is 0 Å². The molecule has 18 nitrogen and oxygen atoms in total. The zero-order valence-corrected chi connectivity index (χ0v) is 28.1. The SMILES string of the molecule is CCCCCCCCO[C@@H]1O[C@H](CO[C@H]2O[C@H](CO)[C@@H](O)[C@H](O)[C@@H]2O)[C@@H](O)[C@H](O[C@H]2O[C@H](COCCCC3(C)N=N3)[C@@H](O)[C@H](O)[C@@H]2O)[C@@H]1O. The van der Waals surface area contributed by atoms with E-state index in [1.807, 2.05) is 6.92 Å². The number of ether oxygens (including phenoxy) is 7. The molecule has 0 aromatic rings. The van der Waals surface area contributed by atoms with E-state index in [0.29, 0.717) is 25.9 Å². The lowest BCUT2D eigenvalue weighted by Gasteiger charge is -2.46. The molecule has 3 fully saturated rings. The predicted octanol–water partition coefficient (Wildman–Crippen LogP) is -2.20. The summed E-state index contributed by atoms with van der Waals surface area (Å²) in [6, 6.07) is 0. The van der Waals surface area contributed by atoms with Gasteiger partial charge in [0, 0.05) is 13.2 Å². The molecule has 4 aliphatic heterocycles. The molecule has 49 heavy (non-hydrogen) atoms. The lowest BCUT2D eigenvalue weighted by atomic mass is 9.96. The molecule has 4 rings (SSSR count). The second-order valence-electron chi connectivity index (χ2n) is 13.4. The van der Waals surface area contributed by atoms with Crippen molar-refractivity contribution in [1.29, 1.82) is 0 Å². The minimum absolute atomic E-state index is 0.158. The van der Waals surface area contributed by atoms with E-state index in [9.17, 15) is 46.0 Å². The maximum atomic E-state index is 11.3. The molecule has 18 heteroatoms. The Morgan fingerprint density at radius 1 is 0.571 bits per heavy atom. The number of aliphatic hydroxyl groups is 9. The molecule has 9 N–H and O–H groups in total. The minimum atomic E-state index is -1.78. The van der Waals surface area contributed by atoms with Gasteiger partial charge in [0.25, 0.3) is 0 Å². The van der Waals surface area contributed by atoms with Gasteiger partial charge in [-0.1, -0.05) is 39.0 Å². The standard InChI is InChI=1S/C31H56N2O16/c1-3-4-5-6-7-8-12-44-29-26(42)27(21(37)18(47-29)15-45-28-24(40)22(38)19(35)16(13-34)46-28)49-30-25(41)23(39)20(36)17(48-30)14-43-11-9-10-31(2)32-33-31/h16-30,34-42H,3-15H2,1-2H3/t16-,17-,18-,19-,20-,21-,22+,23+,24+,25+,26+,27+,28+,29-,30-/m1/s1. The predicted molar refractivity (Wildman–Crippen MR) is 165 cm³/mol. The van der Waals surface area contributed by atoms with E-state index < -0.39 is 105 Å². The molecule has 0 saturated carbocycles. The van der Waals surface area contributed by atoms with Gasteiger partial charge in [0.05, 0.1) is 19.8 Å². The van der Waals surface area contributed by atoms with Crippen LogP contribution in [0.1, 0.15) is 65.2 Å². The van der Waals surface area contributed by atoms with Crippen LogP contribution in [0.4, 0.5) is 0 Å². The molecule has 0 spiro atoms. The second kappa shape index (κ2) is 19.2. The third-order valence-electron chi connectivity index (χ3n) is 9.32. The van der Waals surface area contributed by atoms with Crippen LogP contribution in [0.5, 0.6) is 0 Å². The van der Waals surface area contributed by atoms with Crippen molar-refractivity contribution in [2.24, 2.45) is 10.2 Å². The quantitative estimate of drug-likeness (QED) is 0.0606. The summed E-state index contributed by atoms with van der Waals surface area (Å²) in [5.41, 5.74) is -0.386. The van der Waals surface area contributed by atoms with Crippen molar-refractivity contribution in [2.75, 3.05) is 33.0 Å². The van der Waals surface area contributed by atoms with Gasteiger partial charge in [-0.2, -0.15) is 10.2 Å². The maximum absolute atomic E-state index is 11.3. The summed E-state index contributed by atoms with van der Waals surface area (Å²) in [4.78, 5) is 0. The molecule has 0 aliphatic carbocycles. The Bertz CT molecular complexity index is 991. The molecule has 0 unspecified atom stereocenters. The fourth-order valence-electron chi connectivity index (χ4n) is 6.03. The highest BCUT2D eigenvalue weighted by Gasteiger charge is 2.52. The molecule has 0 aromatic carbocycles. The van der Waals surface area contributed by atoms with E-state index in [-0.39, 0.29) is 18.9 Å². The van der Waals surface area contributed by atoms with Crippen molar-refractivity contribution in [3.8, 4) is 0 Å². The van der Waals surface area contributed by atoms with Crippen molar-refractivity contribution in [3.05, 3.63) is 0 Å². The minimum Gasteiger partial charge on any atom is -0.394 e. The third-order valence-corrected chi connectivity index (χ3v) is 9.32. The van der Waals surface area contributed by atoms with Gasteiger partial charge in [0.1, 0.15) is 73.2 Å². The van der Waals surface area contributed by atoms with Crippen LogP contribution in [-0.2, 0) is 33.2 Å². The van der Waals surface area contributed by atoms with Crippen LogP contribution in [0.15, 0.2) is 10.2 Å². The normalized spacial score (nSPS) is 42.0. The largest absolute Gasteiger partial charge is 0.394 e. The van der Waals surface area contributed by atoms with E-state index in [1.165, 1.54) is 0 Å². The number of rotatable bonds is 20. The first-order chi connectivity index (χ1) is 23.4. The Morgan fingerprint density at radius 3 is 1.82 bits per heavy atom. The summed E-state index contributed by atoms with van der Waals surface area (Å²) in [6.07, 6.45) is -15.9. The van der Waals surface area contributed by atoms with E-state index >= 15 is 0 Å². The van der Waals surface area contributed by atoms with Crippen molar-refractivity contribution in [1.82, 2.24) is 0 Å². The zero-order valence-electron chi connectivity index (χ0n) is 28.1. The molecule has 3 saturated heterocycles. The maximum Gasteiger partial charge on any atom is 0.188 e. The first-order valence-electron chi connectivity index (χ1n) is 17.3. The number of unbranched alkanes of at least 4 members (excludes halogenated alkanes) is 5. The van der Waals surface area contributed by atoms with Gasteiger partial charge in [-0.05, 0) is 26.2 Å². The first-order valence-corrected chi connectivity index (χ1v) is 17.3. The van der Waals surface area contributed by atoms with Crippen LogP contribution in [0.3, 0.4) is 0 Å². The van der Waals surface area contributed by atoms with Crippen molar-refractivity contribution in [3.63, 3.8) is 0 Å². The summed E-state index contributed by atoms with van der Waals surface area (Å²) < 4.78 is 39.9. The highest BCUT2D eigenvalue weighted by Crippen LogP contribution is 2.33. The molecular weight excluding hydrogens is 656 g/mol. The summed E-state index contributed by atoms with van der Waals surface area (Å²) in [5, 5.41) is 102. The fourth-order valence-corrected chi connectivity index (χ4v) is 6.03. The number of nitrogens with zero attached hydrogens (tertiary/aromatic N) is 2. The second-order valence-corrected chi connectivity index (χ2v) is 13.4. The molecule has 0 amide bonds. The Kier molecular flexibility index (Phi) is 15.9. The highest BCUT2D eigenvalue weighted by molar-refractivity contribution is 4.95. The Hall–Kier alpha value is -1.04. The summed E-state index contributed by atoms with van der Waals surface area (Å²) in [6.45, 7) is 3.16. The first kappa shape index (κ1) is 40.7. The van der Waals surface area contributed by atoms with Gasteiger partial charge < -0.3 is 79.1 Å². The molecule has 4 aliphatic rings. The number of aliphatic hydroxyl groups excluding tert-OH is 9. The lowest BCUT2D eigenvalue weighted by molar-refractivity contribution is -0.366. The Morgan fingerprint density at radius 2 is 1.14 bits per heavy atom. The Labute approximate surface area is 285 Å². The number of hydrogen-bond donors (Lipinski definition) is 9. The summed E-state index contributed by atoms with van der Waals surface area (Å²) >= 11 is 0. The van der Waals surface area contributed by atoms with Crippen LogP contribution in [0.25, 0.3) is 0 Å². The van der Waals surface area contributed by atoms with Gasteiger partial charge in [0.2, 0.25) is 0 Å². The van der Waals surface area contributed by atoms with Crippen molar-refractivity contribution < 1.29 is 79.1 Å². The molecule has 286 valence electrons. The molecule has 15 atom stereocenters. The highest BCUT2D eigenvalue weighted by atomic mass is 16.7. The fraction of sp³-hybridized carbons (Fsp3) is 1.00. The lowest BCUT2D eigenvalue weighted by Crippen LogP contribution is -2.65. The van der Waals surface area contributed by atoms with E-state index in [4.69, 9.17) is 33.2 Å². The van der Waals surface area contributed by atoms with E-state index in [1.54, 1.807) is 0 Å². The van der Waals surface area contributed by atoms with Crippen LogP contribution in [-0.4, -0.2) is 177 Å². The van der Waals surface area contributed by atoms with E-state index in [0.717, 1.165) is 32.1 Å². The summed E-state index contributed by atoms with van der Waals surface area (Å²) in [5.74, 6) is 0. The monoisotopic (exact) mass is 712 g/mol.